The Labute approximate surface area is 184 Å². The largest absolute Gasteiger partial charge is 0.486 e. The first-order valence-electron chi connectivity index (χ1n) is 10.4. The van der Waals surface area contributed by atoms with Gasteiger partial charge in [0.1, 0.15) is 19.3 Å². The highest BCUT2D eigenvalue weighted by molar-refractivity contribution is 7.92. The summed E-state index contributed by atoms with van der Waals surface area (Å²) in [5.74, 6) is 0.972. The summed E-state index contributed by atoms with van der Waals surface area (Å²) in [5.41, 5.74) is 3.10. The van der Waals surface area contributed by atoms with Crippen molar-refractivity contribution < 1.29 is 22.7 Å². The monoisotopic (exact) mass is 446 g/mol. The Bertz CT molecular complexity index is 1070. The van der Waals surface area contributed by atoms with Crippen molar-refractivity contribution in [2.75, 3.05) is 23.8 Å². The molecular formula is C23H30N2O5S. The minimum Gasteiger partial charge on any atom is -0.486 e. The number of nitrogens with one attached hydrogen (secondary N) is 1. The molecule has 0 aliphatic carbocycles. The second kappa shape index (κ2) is 9.18. The fraction of sp³-hybridized carbons (Fsp3) is 0.435. The van der Waals surface area contributed by atoms with E-state index in [0.717, 1.165) is 22.9 Å². The van der Waals surface area contributed by atoms with E-state index in [1.54, 1.807) is 6.07 Å². The zero-order valence-corrected chi connectivity index (χ0v) is 19.5. The van der Waals surface area contributed by atoms with E-state index < -0.39 is 16.1 Å². The van der Waals surface area contributed by atoms with Crippen LogP contribution < -0.4 is 19.1 Å². The van der Waals surface area contributed by atoms with Crippen LogP contribution in [0.3, 0.4) is 0 Å². The number of sulfonamides is 1. The molecule has 2 aromatic rings. The Morgan fingerprint density at radius 2 is 1.77 bits per heavy atom. The van der Waals surface area contributed by atoms with Crippen molar-refractivity contribution in [2.45, 2.75) is 46.2 Å². The van der Waals surface area contributed by atoms with Gasteiger partial charge in [0.15, 0.2) is 11.5 Å². The van der Waals surface area contributed by atoms with Crippen molar-refractivity contribution >= 4 is 21.6 Å². The second-order valence-electron chi connectivity index (χ2n) is 7.91. The summed E-state index contributed by atoms with van der Waals surface area (Å²) < 4.78 is 37.9. The fourth-order valence-corrected chi connectivity index (χ4v) is 4.98. The van der Waals surface area contributed by atoms with Crippen molar-refractivity contribution in [3.05, 3.63) is 53.1 Å². The van der Waals surface area contributed by atoms with Gasteiger partial charge in [-0.1, -0.05) is 25.1 Å². The lowest BCUT2D eigenvalue weighted by Crippen LogP contribution is -2.50. The van der Waals surface area contributed by atoms with Crippen LogP contribution in [-0.2, 0) is 14.8 Å². The number of carbonyl (C=O) groups is 1. The number of anilines is 1. The maximum absolute atomic E-state index is 13.2. The highest BCUT2D eigenvalue weighted by Crippen LogP contribution is 2.33. The number of nitrogens with zero attached hydrogens (tertiary/aromatic N) is 1. The quantitative estimate of drug-likeness (QED) is 0.704. The predicted molar refractivity (Wildman–Crippen MR) is 121 cm³/mol. The highest BCUT2D eigenvalue weighted by Gasteiger charge is 2.33. The number of carbonyl (C=O) groups excluding carboxylic acids is 1. The third-order valence-corrected chi connectivity index (χ3v) is 6.52. The molecule has 3 rings (SSSR count). The van der Waals surface area contributed by atoms with Gasteiger partial charge in [0, 0.05) is 0 Å². The fourth-order valence-electron chi connectivity index (χ4n) is 3.71. The molecule has 0 fully saturated rings. The number of hydrogen-bond acceptors (Lipinski definition) is 5. The van der Waals surface area contributed by atoms with Gasteiger partial charge in [-0.25, -0.2) is 8.42 Å². The number of rotatable bonds is 7. The zero-order chi connectivity index (χ0) is 22.8. The van der Waals surface area contributed by atoms with Gasteiger partial charge in [0.05, 0.1) is 18.0 Å². The van der Waals surface area contributed by atoms with Gasteiger partial charge in [-0.3, -0.25) is 9.10 Å². The third-order valence-electron chi connectivity index (χ3n) is 5.36. The number of amides is 1. The van der Waals surface area contributed by atoms with Gasteiger partial charge < -0.3 is 14.8 Å². The molecule has 0 spiro atoms. The molecule has 0 unspecified atom stereocenters. The van der Waals surface area contributed by atoms with Crippen molar-refractivity contribution in [3.8, 4) is 11.5 Å². The van der Waals surface area contributed by atoms with E-state index in [-0.39, 0.29) is 11.9 Å². The van der Waals surface area contributed by atoms with Gasteiger partial charge in [0.2, 0.25) is 15.9 Å². The standard InChI is InChI=1S/C23H30N2O5S/c1-6-19(25(31(5,27)28)20-13-15(2)7-8-16(20)3)23(26)24-17(4)18-9-10-21-22(14-18)30-12-11-29-21/h7-10,13-14,17,19H,6,11-12H2,1-5H3,(H,24,26)/t17-,19-/m1/s1. The van der Waals surface area contributed by atoms with Crippen LogP contribution in [0.1, 0.15) is 43.0 Å². The summed E-state index contributed by atoms with van der Waals surface area (Å²) in [7, 11) is -3.69. The molecule has 2 aromatic carbocycles. The van der Waals surface area contributed by atoms with Gasteiger partial charge in [-0.2, -0.15) is 0 Å². The Balaban J connectivity index is 1.87. The molecule has 7 nitrogen and oxygen atoms in total. The SMILES string of the molecule is CC[C@H](C(=O)N[C@H](C)c1ccc2c(c1)OCCO2)N(c1cc(C)ccc1C)S(C)(=O)=O. The molecule has 1 heterocycles. The summed E-state index contributed by atoms with van der Waals surface area (Å²) in [5, 5.41) is 2.97. The van der Waals surface area contributed by atoms with Crippen molar-refractivity contribution in [3.63, 3.8) is 0 Å². The van der Waals surface area contributed by atoms with Crippen LogP contribution in [0.25, 0.3) is 0 Å². The number of benzene rings is 2. The smallest absolute Gasteiger partial charge is 0.244 e. The first kappa shape index (κ1) is 22.9. The van der Waals surface area contributed by atoms with Crippen LogP contribution in [0.5, 0.6) is 11.5 Å². The van der Waals surface area contributed by atoms with Crippen LogP contribution in [0, 0.1) is 13.8 Å². The van der Waals surface area contributed by atoms with E-state index in [4.69, 9.17) is 9.47 Å². The van der Waals surface area contributed by atoms with Crippen LogP contribution in [0.4, 0.5) is 5.69 Å². The predicted octanol–water partition coefficient (Wildman–Crippen LogP) is 3.50. The van der Waals surface area contributed by atoms with Crippen LogP contribution in [0.2, 0.25) is 0 Å². The Morgan fingerprint density at radius 1 is 1.10 bits per heavy atom. The highest BCUT2D eigenvalue weighted by atomic mass is 32.2. The molecule has 0 saturated heterocycles. The normalized spacial score (nSPS) is 15.1. The summed E-state index contributed by atoms with van der Waals surface area (Å²) in [6.45, 7) is 8.40. The van der Waals surface area contributed by atoms with Gasteiger partial charge in [0.25, 0.3) is 0 Å². The first-order chi connectivity index (χ1) is 14.6. The number of aryl methyl sites for hydroxylation is 2. The summed E-state index contributed by atoms with van der Waals surface area (Å²) in [6, 6.07) is 9.93. The lowest BCUT2D eigenvalue weighted by Gasteiger charge is -2.32. The maximum Gasteiger partial charge on any atom is 0.244 e. The molecule has 0 saturated carbocycles. The average molecular weight is 447 g/mol. The van der Waals surface area contributed by atoms with Crippen molar-refractivity contribution in [1.29, 1.82) is 0 Å². The topological polar surface area (TPSA) is 84.9 Å². The van der Waals surface area contributed by atoms with Crippen LogP contribution >= 0.6 is 0 Å². The van der Waals surface area contributed by atoms with E-state index in [1.165, 1.54) is 4.31 Å². The molecular weight excluding hydrogens is 416 g/mol. The van der Waals surface area contributed by atoms with E-state index in [0.29, 0.717) is 36.8 Å². The molecule has 0 aromatic heterocycles. The Morgan fingerprint density at radius 3 is 2.42 bits per heavy atom. The second-order valence-corrected chi connectivity index (χ2v) is 9.77. The van der Waals surface area contributed by atoms with Crippen LogP contribution in [0.15, 0.2) is 36.4 Å². The van der Waals surface area contributed by atoms with Crippen LogP contribution in [-0.4, -0.2) is 39.8 Å². The molecule has 1 aliphatic heterocycles. The summed E-state index contributed by atoms with van der Waals surface area (Å²) in [6.07, 6.45) is 1.47. The van der Waals surface area contributed by atoms with Gasteiger partial charge in [-0.15, -0.1) is 0 Å². The minimum atomic E-state index is -3.69. The molecule has 168 valence electrons. The number of hydrogen-bond donors (Lipinski definition) is 1. The Kier molecular flexibility index (Phi) is 6.79. The van der Waals surface area contributed by atoms with E-state index in [1.807, 2.05) is 58.0 Å². The molecule has 2 atom stereocenters. The lowest BCUT2D eigenvalue weighted by molar-refractivity contribution is -0.122. The molecule has 1 amide bonds. The molecule has 1 aliphatic rings. The number of fused-ring (bicyclic) bond motifs is 1. The Hall–Kier alpha value is -2.74. The van der Waals surface area contributed by atoms with Crippen molar-refractivity contribution in [1.82, 2.24) is 5.32 Å². The van der Waals surface area contributed by atoms with E-state index in [9.17, 15) is 13.2 Å². The number of ether oxygens (including phenoxy) is 2. The van der Waals surface area contributed by atoms with Gasteiger partial charge >= 0.3 is 0 Å². The van der Waals surface area contributed by atoms with Crippen molar-refractivity contribution in [2.24, 2.45) is 0 Å². The first-order valence-corrected chi connectivity index (χ1v) is 12.2. The van der Waals surface area contributed by atoms with E-state index >= 15 is 0 Å². The zero-order valence-electron chi connectivity index (χ0n) is 18.6. The summed E-state index contributed by atoms with van der Waals surface area (Å²) >= 11 is 0. The molecule has 1 N–H and O–H groups in total. The molecule has 8 heteroatoms. The van der Waals surface area contributed by atoms with E-state index in [2.05, 4.69) is 5.32 Å². The minimum absolute atomic E-state index is 0.333. The molecule has 31 heavy (non-hydrogen) atoms. The molecule has 0 bridgehead atoms. The average Bonchev–Trinajstić information content (AvgIpc) is 2.72. The summed E-state index contributed by atoms with van der Waals surface area (Å²) in [4.78, 5) is 13.2. The van der Waals surface area contributed by atoms with Gasteiger partial charge in [-0.05, 0) is 62.1 Å². The third kappa shape index (κ3) is 5.12. The molecule has 0 radical (unpaired) electrons. The maximum atomic E-state index is 13.2. The lowest BCUT2D eigenvalue weighted by atomic mass is 10.1.